The first-order valence-electron chi connectivity index (χ1n) is 8.11. The van der Waals surface area contributed by atoms with E-state index in [1.165, 1.54) is 25.6 Å². The summed E-state index contributed by atoms with van der Waals surface area (Å²) < 4.78 is 50.0. The Labute approximate surface area is 158 Å². The summed E-state index contributed by atoms with van der Waals surface area (Å²) in [6.07, 6.45) is -1.77. The average Bonchev–Trinajstić information content (AvgIpc) is 2.69. The monoisotopic (exact) mass is 388 g/mol. The SMILES string of the molecule is COc1ccc(Oc2ccc(C(F)(F)F)cc2NC(=O)c2cccnc2)cc1. The molecule has 2 aromatic carbocycles. The first kappa shape index (κ1) is 19.2. The Morgan fingerprint density at radius 1 is 1.04 bits per heavy atom. The second kappa shape index (κ2) is 7.99. The van der Waals surface area contributed by atoms with Crippen LogP contribution < -0.4 is 14.8 Å². The van der Waals surface area contributed by atoms with Gasteiger partial charge in [0.2, 0.25) is 0 Å². The lowest BCUT2D eigenvalue weighted by Gasteiger charge is -2.15. The second-order valence-corrected chi connectivity index (χ2v) is 5.68. The molecule has 8 heteroatoms. The molecule has 0 aliphatic rings. The molecule has 1 heterocycles. The molecule has 3 aromatic rings. The smallest absolute Gasteiger partial charge is 0.416 e. The van der Waals surface area contributed by atoms with Crippen LogP contribution in [0.15, 0.2) is 67.0 Å². The second-order valence-electron chi connectivity index (χ2n) is 5.68. The third-order valence-corrected chi connectivity index (χ3v) is 3.77. The Morgan fingerprint density at radius 3 is 2.36 bits per heavy atom. The van der Waals surface area contributed by atoms with Crippen LogP contribution in [-0.2, 0) is 6.18 Å². The van der Waals surface area contributed by atoms with Crippen LogP contribution in [-0.4, -0.2) is 18.0 Å². The summed E-state index contributed by atoms with van der Waals surface area (Å²) in [5.74, 6) is 0.435. The first-order valence-corrected chi connectivity index (χ1v) is 8.11. The fraction of sp³-hybridized carbons (Fsp3) is 0.100. The number of carbonyl (C=O) groups excluding carboxylic acids is 1. The predicted octanol–water partition coefficient (Wildman–Crippen LogP) is 5.15. The highest BCUT2D eigenvalue weighted by Crippen LogP contribution is 2.37. The minimum absolute atomic E-state index is 0.0652. The number of hydrogen-bond acceptors (Lipinski definition) is 4. The van der Waals surface area contributed by atoms with Gasteiger partial charge in [-0.1, -0.05) is 0 Å². The molecule has 0 saturated heterocycles. The minimum Gasteiger partial charge on any atom is -0.497 e. The van der Waals surface area contributed by atoms with E-state index in [0.717, 1.165) is 18.2 Å². The molecule has 0 spiro atoms. The highest BCUT2D eigenvalue weighted by molar-refractivity contribution is 6.04. The van der Waals surface area contributed by atoms with Crippen LogP contribution in [0.3, 0.4) is 0 Å². The van der Waals surface area contributed by atoms with E-state index in [2.05, 4.69) is 10.3 Å². The topological polar surface area (TPSA) is 60.5 Å². The maximum Gasteiger partial charge on any atom is 0.416 e. The van der Waals surface area contributed by atoms with Gasteiger partial charge in [-0.2, -0.15) is 13.2 Å². The van der Waals surface area contributed by atoms with Gasteiger partial charge in [0.25, 0.3) is 5.91 Å². The number of amides is 1. The Bertz CT molecular complexity index is 959. The van der Waals surface area contributed by atoms with Crippen molar-refractivity contribution < 1.29 is 27.4 Å². The van der Waals surface area contributed by atoms with Crippen molar-refractivity contribution in [2.75, 3.05) is 12.4 Å². The van der Waals surface area contributed by atoms with Gasteiger partial charge in [0.05, 0.1) is 23.9 Å². The van der Waals surface area contributed by atoms with Crippen LogP contribution in [0.25, 0.3) is 0 Å². The average molecular weight is 388 g/mol. The van der Waals surface area contributed by atoms with Gasteiger partial charge in [-0.05, 0) is 54.6 Å². The fourth-order valence-electron chi connectivity index (χ4n) is 2.36. The molecular formula is C20H15F3N2O3. The molecule has 1 aromatic heterocycles. The van der Waals surface area contributed by atoms with Gasteiger partial charge >= 0.3 is 6.18 Å². The van der Waals surface area contributed by atoms with E-state index in [9.17, 15) is 18.0 Å². The maximum atomic E-state index is 13.1. The van der Waals surface area contributed by atoms with Crippen LogP contribution in [0.4, 0.5) is 18.9 Å². The number of carbonyl (C=O) groups is 1. The van der Waals surface area contributed by atoms with E-state index in [4.69, 9.17) is 9.47 Å². The largest absolute Gasteiger partial charge is 0.497 e. The van der Waals surface area contributed by atoms with Gasteiger partial charge in [0.1, 0.15) is 11.5 Å². The van der Waals surface area contributed by atoms with E-state index in [-0.39, 0.29) is 17.0 Å². The predicted molar refractivity (Wildman–Crippen MR) is 96.7 cm³/mol. The third-order valence-electron chi connectivity index (χ3n) is 3.77. The molecule has 0 aliphatic carbocycles. The zero-order valence-electron chi connectivity index (χ0n) is 14.7. The number of pyridine rings is 1. The lowest BCUT2D eigenvalue weighted by molar-refractivity contribution is -0.137. The fourth-order valence-corrected chi connectivity index (χ4v) is 2.36. The summed E-state index contributed by atoms with van der Waals surface area (Å²) in [7, 11) is 1.51. The molecule has 0 bridgehead atoms. The summed E-state index contributed by atoms with van der Waals surface area (Å²) in [6.45, 7) is 0. The van der Waals surface area contributed by atoms with Crippen LogP contribution in [0.2, 0.25) is 0 Å². The van der Waals surface area contributed by atoms with E-state index in [1.807, 2.05) is 0 Å². The van der Waals surface area contributed by atoms with E-state index >= 15 is 0 Å². The number of benzene rings is 2. The Morgan fingerprint density at radius 2 is 1.75 bits per heavy atom. The van der Waals surface area contributed by atoms with Gasteiger partial charge in [0.15, 0.2) is 5.75 Å². The summed E-state index contributed by atoms with van der Waals surface area (Å²) >= 11 is 0. The first-order chi connectivity index (χ1) is 13.4. The molecule has 0 unspecified atom stereocenters. The molecule has 3 rings (SSSR count). The standard InChI is InChI=1S/C20H15F3N2O3/c1-27-15-5-7-16(8-6-15)28-18-9-4-14(20(21,22)23)11-17(18)25-19(26)13-3-2-10-24-12-13/h2-12H,1H3,(H,25,26). The molecule has 0 fully saturated rings. The van der Waals surface area contributed by atoms with Crippen molar-refractivity contribution in [1.29, 1.82) is 0 Å². The summed E-state index contributed by atoms with van der Waals surface area (Å²) in [5.41, 5.74) is -0.814. The van der Waals surface area contributed by atoms with Crippen LogP contribution in [0.5, 0.6) is 17.2 Å². The number of aromatic nitrogens is 1. The normalized spacial score (nSPS) is 11.0. The van der Waals surface area contributed by atoms with Crippen molar-refractivity contribution in [2.24, 2.45) is 0 Å². The highest BCUT2D eigenvalue weighted by Gasteiger charge is 2.31. The van der Waals surface area contributed by atoms with Gasteiger partial charge in [-0.25, -0.2) is 0 Å². The molecule has 144 valence electrons. The van der Waals surface area contributed by atoms with Crippen molar-refractivity contribution in [3.8, 4) is 17.2 Å². The van der Waals surface area contributed by atoms with Crippen molar-refractivity contribution in [1.82, 2.24) is 4.98 Å². The quantitative estimate of drug-likeness (QED) is 0.656. The number of nitrogens with one attached hydrogen (secondary N) is 1. The molecule has 0 saturated carbocycles. The van der Waals surface area contributed by atoms with Crippen LogP contribution in [0.1, 0.15) is 15.9 Å². The molecule has 0 radical (unpaired) electrons. The molecule has 1 amide bonds. The highest BCUT2D eigenvalue weighted by atomic mass is 19.4. The Kier molecular flexibility index (Phi) is 5.49. The maximum absolute atomic E-state index is 13.1. The Hall–Kier alpha value is -3.55. The number of methoxy groups -OCH3 is 1. The Balaban J connectivity index is 1.92. The third kappa shape index (κ3) is 4.59. The zero-order valence-corrected chi connectivity index (χ0v) is 14.7. The van der Waals surface area contributed by atoms with Crippen molar-refractivity contribution in [2.45, 2.75) is 6.18 Å². The number of hydrogen-bond donors (Lipinski definition) is 1. The number of alkyl halides is 3. The van der Waals surface area contributed by atoms with Crippen LogP contribution >= 0.6 is 0 Å². The molecule has 0 aliphatic heterocycles. The van der Waals surface area contributed by atoms with Gasteiger partial charge in [0, 0.05) is 12.4 Å². The molecular weight excluding hydrogens is 373 g/mol. The lowest BCUT2D eigenvalue weighted by Crippen LogP contribution is -2.14. The van der Waals surface area contributed by atoms with E-state index < -0.39 is 17.6 Å². The summed E-state index contributed by atoms with van der Waals surface area (Å²) in [4.78, 5) is 16.2. The van der Waals surface area contributed by atoms with Crippen molar-refractivity contribution in [3.63, 3.8) is 0 Å². The lowest BCUT2D eigenvalue weighted by atomic mass is 10.1. The van der Waals surface area contributed by atoms with Crippen molar-refractivity contribution >= 4 is 11.6 Å². The van der Waals surface area contributed by atoms with Gasteiger partial charge in [-0.3, -0.25) is 9.78 Å². The number of rotatable bonds is 5. The van der Waals surface area contributed by atoms with E-state index in [1.54, 1.807) is 30.3 Å². The zero-order chi connectivity index (χ0) is 20.1. The molecule has 1 N–H and O–H groups in total. The van der Waals surface area contributed by atoms with Gasteiger partial charge in [-0.15, -0.1) is 0 Å². The van der Waals surface area contributed by atoms with Crippen LogP contribution in [0, 0.1) is 0 Å². The number of halogens is 3. The van der Waals surface area contributed by atoms with Gasteiger partial charge < -0.3 is 14.8 Å². The number of ether oxygens (including phenoxy) is 2. The van der Waals surface area contributed by atoms with E-state index in [0.29, 0.717) is 11.5 Å². The molecule has 5 nitrogen and oxygen atoms in total. The number of anilines is 1. The van der Waals surface area contributed by atoms with Crippen molar-refractivity contribution in [3.05, 3.63) is 78.1 Å². The molecule has 28 heavy (non-hydrogen) atoms. The number of nitrogens with zero attached hydrogens (tertiary/aromatic N) is 1. The minimum atomic E-state index is -4.56. The summed E-state index contributed by atoms with van der Waals surface area (Å²) in [6, 6.07) is 12.4. The molecule has 0 atom stereocenters. The summed E-state index contributed by atoms with van der Waals surface area (Å²) in [5, 5.41) is 2.45.